The van der Waals surface area contributed by atoms with Gasteiger partial charge < -0.3 is 15.4 Å². The Bertz CT molecular complexity index is 1170. The summed E-state index contributed by atoms with van der Waals surface area (Å²) in [6.07, 6.45) is 3.82. The molecule has 182 valence electrons. The molecule has 0 bridgehead atoms. The highest BCUT2D eigenvalue weighted by atomic mass is 16.5. The van der Waals surface area contributed by atoms with E-state index in [4.69, 9.17) is 9.73 Å². The van der Waals surface area contributed by atoms with E-state index in [0.717, 1.165) is 11.1 Å². The number of rotatable bonds is 6. The van der Waals surface area contributed by atoms with E-state index in [2.05, 4.69) is 27.2 Å². The van der Waals surface area contributed by atoms with Crippen molar-refractivity contribution in [3.63, 3.8) is 0 Å². The number of hydrogen-bond acceptors (Lipinski definition) is 6. The maximum atomic E-state index is 12.9. The number of nitrogens with one attached hydrogen (secondary N) is 2. The third-order valence-electron chi connectivity index (χ3n) is 4.63. The lowest BCUT2D eigenvalue weighted by Gasteiger charge is -2.14. The molecule has 0 aliphatic carbocycles. The number of allylic oxidation sites excluding steroid dienone is 2. The molecule has 0 saturated heterocycles. The van der Waals surface area contributed by atoms with Gasteiger partial charge in [0.25, 0.3) is 5.91 Å². The third-order valence-corrected chi connectivity index (χ3v) is 4.63. The Balaban J connectivity index is 0.00000103. The van der Waals surface area contributed by atoms with Gasteiger partial charge in [0.05, 0.1) is 11.4 Å². The number of nitrogens with zero attached hydrogens (tertiary/aromatic N) is 3. The largest absolute Gasteiger partial charge is 0.439 e. The number of fused-ring (bicyclic) bond motifs is 1. The minimum absolute atomic E-state index is 0.292. The monoisotopic (exact) mass is 471 g/mol. The van der Waals surface area contributed by atoms with E-state index in [0.29, 0.717) is 28.9 Å². The van der Waals surface area contributed by atoms with Crippen molar-refractivity contribution < 1.29 is 9.53 Å². The van der Waals surface area contributed by atoms with Crippen molar-refractivity contribution in [2.75, 3.05) is 10.6 Å². The molecule has 0 radical (unpaired) electrons. The molecule has 7 heteroatoms. The van der Waals surface area contributed by atoms with Crippen LogP contribution in [-0.2, 0) is 4.79 Å². The first-order chi connectivity index (χ1) is 17.2. The number of ether oxygens (including phenoxy) is 1. The fraction of sp³-hybridized carbons (Fsp3) is 0.214. The van der Waals surface area contributed by atoms with Gasteiger partial charge in [-0.25, -0.2) is 15.0 Å². The van der Waals surface area contributed by atoms with Gasteiger partial charge in [-0.2, -0.15) is 0 Å². The van der Waals surface area contributed by atoms with Gasteiger partial charge in [-0.3, -0.25) is 4.79 Å². The molecule has 4 rings (SSSR count). The van der Waals surface area contributed by atoms with E-state index in [1.54, 1.807) is 18.2 Å². The van der Waals surface area contributed by atoms with Crippen LogP contribution in [0, 0.1) is 0 Å². The number of carbonyl (C=O) groups excluding carboxylic acids is 1. The zero-order valence-corrected chi connectivity index (χ0v) is 20.9. The molecule has 0 spiro atoms. The van der Waals surface area contributed by atoms with Crippen LogP contribution in [0.1, 0.15) is 45.7 Å². The molecule has 35 heavy (non-hydrogen) atoms. The van der Waals surface area contributed by atoms with Crippen LogP contribution in [0.25, 0.3) is 0 Å². The van der Waals surface area contributed by atoms with Gasteiger partial charge in [0.15, 0.2) is 0 Å². The van der Waals surface area contributed by atoms with Crippen LogP contribution in [0.3, 0.4) is 0 Å². The van der Waals surface area contributed by atoms with Crippen molar-refractivity contribution in [3.05, 3.63) is 103 Å². The number of aromatic nitrogens is 2. The summed E-state index contributed by atoms with van der Waals surface area (Å²) in [6, 6.07) is 19.0. The second kappa shape index (κ2) is 14.1. The maximum absolute atomic E-state index is 12.9. The molecule has 1 aliphatic rings. The fourth-order valence-electron chi connectivity index (χ4n) is 3.13. The van der Waals surface area contributed by atoms with Crippen LogP contribution in [0.4, 0.5) is 11.5 Å². The average Bonchev–Trinajstić information content (AvgIpc) is 3.06. The van der Waals surface area contributed by atoms with Gasteiger partial charge in [-0.1, -0.05) is 82.8 Å². The van der Waals surface area contributed by atoms with E-state index < -0.39 is 6.17 Å². The maximum Gasteiger partial charge on any atom is 0.269 e. The average molecular weight is 472 g/mol. The van der Waals surface area contributed by atoms with Gasteiger partial charge in [0, 0.05) is 17.2 Å². The molecule has 1 amide bonds. The molecule has 2 aromatic carbocycles. The minimum Gasteiger partial charge on any atom is -0.439 e. The van der Waals surface area contributed by atoms with E-state index >= 15 is 0 Å². The van der Waals surface area contributed by atoms with Crippen molar-refractivity contribution in [2.24, 2.45) is 4.99 Å². The fourth-order valence-corrected chi connectivity index (χ4v) is 3.13. The Hall–Kier alpha value is -4.26. The normalized spacial score (nSPS) is 14.3. The summed E-state index contributed by atoms with van der Waals surface area (Å²) >= 11 is 0. The van der Waals surface area contributed by atoms with E-state index in [1.165, 1.54) is 6.33 Å². The van der Waals surface area contributed by atoms with Crippen molar-refractivity contribution in [1.82, 2.24) is 9.97 Å². The highest BCUT2D eigenvalue weighted by molar-refractivity contribution is 6.19. The first-order valence-corrected chi connectivity index (χ1v) is 11.8. The topological polar surface area (TPSA) is 88.5 Å². The van der Waals surface area contributed by atoms with Crippen LogP contribution >= 0.6 is 0 Å². The number of hydrogen-bond donors (Lipinski definition) is 2. The summed E-state index contributed by atoms with van der Waals surface area (Å²) in [5, 5.41) is 6.02. The Labute approximate surface area is 207 Å². The second-order valence-electron chi connectivity index (χ2n) is 6.66. The molecular weight excluding hydrogens is 438 g/mol. The van der Waals surface area contributed by atoms with Crippen molar-refractivity contribution >= 4 is 23.1 Å². The summed E-state index contributed by atoms with van der Waals surface area (Å²) in [7, 11) is 0. The molecule has 1 aromatic heterocycles. The molecule has 1 atom stereocenters. The lowest BCUT2D eigenvalue weighted by molar-refractivity contribution is -0.116. The Kier molecular flexibility index (Phi) is 10.9. The molecule has 2 heterocycles. The highest BCUT2D eigenvalue weighted by Crippen LogP contribution is 2.25. The molecule has 0 fully saturated rings. The number of anilines is 2. The predicted octanol–water partition coefficient (Wildman–Crippen LogP) is 6.23. The molecule has 1 aliphatic heterocycles. The summed E-state index contributed by atoms with van der Waals surface area (Å²) < 4.78 is 5.65. The summed E-state index contributed by atoms with van der Waals surface area (Å²) in [5.41, 5.74) is 3.17. The number of benzene rings is 2. The number of para-hydroxylation sites is 1. The molecular formula is C28H33N5O2. The van der Waals surface area contributed by atoms with Gasteiger partial charge in [0.1, 0.15) is 17.9 Å². The quantitative estimate of drug-likeness (QED) is 0.329. The summed E-state index contributed by atoms with van der Waals surface area (Å²) in [5.74, 6) is 1.01. The molecule has 2 N–H and O–H groups in total. The van der Waals surface area contributed by atoms with Gasteiger partial charge in [-0.15, -0.1) is 0 Å². The SMILES string of the molecule is C=C/C(=C\C)Oc1cc(NC2N=C(c3ccccc3)c3ccccc3NC2=O)ncn1.CC.CC. The summed E-state index contributed by atoms with van der Waals surface area (Å²) in [4.78, 5) is 26.0. The van der Waals surface area contributed by atoms with Crippen LogP contribution in [0.5, 0.6) is 5.88 Å². The van der Waals surface area contributed by atoms with Crippen LogP contribution < -0.4 is 15.4 Å². The lowest BCUT2D eigenvalue weighted by Crippen LogP contribution is -2.33. The lowest BCUT2D eigenvalue weighted by atomic mass is 10.0. The predicted molar refractivity (Wildman–Crippen MR) is 144 cm³/mol. The second-order valence-corrected chi connectivity index (χ2v) is 6.66. The number of carbonyl (C=O) groups is 1. The smallest absolute Gasteiger partial charge is 0.269 e. The number of benzodiazepines with no additional fused rings is 1. The molecule has 1 unspecified atom stereocenters. The molecule has 3 aromatic rings. The summed E-state index contributed by atoms with van der Waals surface area (Å²) in [6.45, 7) is 13.5. The van der Waals surface area contributed by atoms with E-state index in [1.807, 2.05) is 89.2 Å². The van der Waals surface area contributed by atoms with Crippen LogP contribution in [0.2, 0.25) is 0 Å². The van der Waals surface area contributed by atoms with Crippen LogP contribution in [0.15, 0.2) is 96.5 Å². The zero-order valence-electron chi connectivity index (χ0n) is 20.9. The Morgan fingerprint density at radius 3 is 2.40 bits per heavy atom. The number of aliphatic imine (C=N–C) groups is 1. The standard InChI is InChI=1S/C24H21N5O2.2C2H6/c1-3-17(4-2)31-21-14-20(25-15-26-21)28-23-24(30)27-19-13-9-8-12-18(19)22(29-23)16-10-6-5-7-11-16;2*1-2/h3-15,23H,1H2,2H3,(H,27,30)(H,25,26,28);2*1-2H3/b17-4+;;. The van der Waals surface area contributed by atoms with E-state index in [-0.39, 0.29) is 5.91 Å². The van der Waals surface area contributed by atoms with E-state index in [9.17, 15) is 4.79 Å². The Morgan fingerprint density at radius 1 is 1.03 bits per heavy atom. The first-order valence-electron chi connectivity index (χ1n) is 11.8. The minimum atomic E-state index is -0.897. The first kappa shape index (κ1) is 27.0. The van der Waals surface area contributed by atoms with Gasteiger partial charge >= 0.3 is 0 Å². The molecule has 0 saturated carbocycles. The third kappa shape index (κ3) is 7.11. The van der Waals surface area contributed by atoms with Crippen molar-refractivity contribution in [1.29, 1.82) is 0 Å². The van der Waals surface area contributed by atoms with Crippen LogP contribution in [-0.4, -0.2) is 27.8 Å². The van der Waals surface area contributed by atoms with Crippen molar-refractivity contribution in [3.8, 4) is 5.88 Å². The highest BCUT2D eigenvalue weighted by Gasteiger charge is 2.26. The number of amides is 1. The molecule has 7 nitrogen and oxygen atoms in total. The van der Waals surface area contributed by atoms with Crippen molar-refractivity contribution in [2.45, 2.75) is 40.8 Å². The Morgan fingerprint density at radius 2 is 1.71 bits per heavy atom. The zero-order chi connectivity index (χ0) is 25.6. The van der Waals surface area contributed by atoms with Gasteiger partial charge in [-0.05, 0) is 25.1 Å². The van der Waals surface area contributed by atoms with Gasteiger partial charge in [0.2, 0.25) is 12.0 Å².